The van der Waals surface area contributed by atoms with Crippen LogP contribution in [0.15, 0.2) is 42.5 Å². The van der Waals surface area contributed by atoms with E-state index >= 15 is 0 Å². The average molecular weight is 528 g/mol. The summed E-state index contributed by atoms with van der Waals surface area (Å²) in [5.74, 6) is -0.370. The Bertz CT molecular complexity index is 982. The van der Waals surface area contributed by atoms with Crippen LogP contribution in [0.3, 0.4) is 0 Å². The first-order valence-corrected chi connectivity index (χ1v) is 12.0. The lowest BCUT2D eigenvalue weighted by Crippen LogP contribution is -2.55. The topological polar surface area (TPSA) is 73.5 Å². The highest BCUT2D eigenvalue weighted by molar-refractivity contribution is 6.39. The lowest BCUT2D eigenvalue weighted by molar-refractivity contribution is -0.142. The molecule has 3 N–H and O–H groups in total. The van der Waals surface area contributed by atoms with Crippen molar-refractivity contribution in [2.45, 2.75) is 45.3 Å². The maximum absolute atomic E-state index is 13.8. The number of halogens is 3. The number of hydrogen-bond acceptors (Lipinski definition) is 4. The summed E-state index contributed by atoms with van der Waals surface area (Å²) in [5.41, 5.74) is 2.23. The van der Waals surface area contributed by atoms with Gasteiger partial charge in [0.15, 0.2) is 0 Å². The van der Waals surface area contributed by atoms with Gasteiger partial charge >= 0.3 is 0 Å². The van der Waals surface area contributed by atoms with Gasteiger partial charge in [0, 0.05) is 19.1 Å². The van der Waals surface area contributed by atoms with Crippen LogP contribution in [0.2, 0.25) is 10.0 Å². The molecule has 9 heteroatoms. The number of anilines is 1. The smallest absolute Gasteiger partial charge is 0.251 e. The van der Waals surface area contributed by atoms with Crippen LogP contribution in [0.1, 0.15) is 37.9 Å². The van der Waals surface area contributed by atoms with E-state index in [0.717, 1.165) is 11.1 Å². The van der Waals surface area contributed by atoms with Gasteiger partial charge in [0.1, 0.15) is 6.04 Å². The van der Waals surface area contributed by atoms with Gasteiger partial charge in [0.05, 0.1) is 21.8 Å². The van der Waals surface area contributed by atoms with E-state index < -0.39 is 12.1 Å². The molecule has 6 nitrogen and oxygen atoms in total. The van der Waals surface area contributed by atoms with Crippen LogP contribution < -0.4 is 16.0 Å². The minimum Gasteiger partial charge on any atom is -0.325 e. The van der Waals surface area contributed by atoms with E-state index in [-0.39, 0.29) is 36.2 Å². The van der Waals surface area contributed by atoms with Crippen molar-refractivity contribution in [1.29, 1.82) is 0 Å². The van der Waals surface area contributed by atoms with Crippen LogP contribution >= 0.6 is 35.6 Å². The zero-order valence-electron chi connectivity index (χ0n) is 19.9. The molecule has 1 aliphatic heterocycles. The SMILES string of the molecule is CN[C@@H](C)CN[C@H](C(=O)N1CCc2ccccc2[C@H]1C(=O)Nc1c(Cl)cccc1Cl)C(C)C.Cl. The van der Waals surface area contributed by atoms with Crippen molar-refractivity contribution in [3.05, 3.63) is 63.6 Å². The molecule has 0 radical (unpaired) electrons. The second-order valence-corrected chi connectivity index (χ2v) is 9.60. The summed E-state index contributed by atoms with van der Waals surface area (Å²) in [7, 11) is 1.89. The molecule has 0 bridgehead atoms. The number of rotatable bonds is 8. The Morgan fingerprint density at radius 3 is 2.32 bits per heavy atom. The van der Waals surface area contributed by atoms with E-state index in [1.165, 1.54) is 0 Å². The second kappa shape index (κ2) is 12.8. The molecule has 0 saturated carbocycles. The molecule has 1 aliphatic rings. The Kier molecular flexibility index (Phi) is 10.7. The first-order chi connectivity index (χ1) is 15.7. The fourth-order valence-electron chi connectivity index (χ4n) is 4.09. The predicted molar refractivity (Wildman–Crippen MR) is 142 cm³/mol. The van der Waals surface area contributed by atoms with E-state index in [4.69, 9.17) is 23.2 Å². The van der Waals surface area contributed by atoms with Crippen molar-refractivity contribution >= 4 is 53.1 Å². The standard InChI is InChI=1S/C25H32Cl2N4O2.ClH/c1-15(2)21(29-14-16(3)28-4)25(33)31-13-12-17-8-5-6-9-18(17)23(31)24(32)30-22-19(26)10-7-11-20(22)27;/h5-11,15-16,21,23,28-29H,12-14H2,1-4H3,(H,30,32);1H/t16-,21-,23-;/m0./s1. The zero-order valence-corrected chi connectivity index (χ0v) is 22.2. The van der Waals surface area contributed by atoms with Crippen molar-refractivity contribution in [1.82, 2.24) is 15.5 Å². The molecule has 3 rings (SSSR count). The quantitative estimate of drug-likeness (QED) is 0.465. The Balaban J connectivity index is 0.00000408. The molecule has 186 valence electrons. The summed E-state index contributed by atoms with van der Waals surface area (Å²) in [4.78, 5) is 29.0. The normalized spacial score (nSPS) is 16.9. The van der Waals surface area contributed by atoms with E-state index in [1.54, 1.807) is 23.1 Å². The van der Waals surface area contributed by atoms with E-state index in [2.05, 4.69) is 22.9 Å². The predicted octanol–water partition coefficient (Wildman–Crippen LogP) is 4.70. The van der Waals surface area contributed by atoms with Gasteiger partial charge in [0.2, 0.25) is 5.91 Å². The highest BCUT2D eigenvalue weighted by Crippen LogP contribution is 2.35. The van der Waals surface area contributed by atoms with Gasteiger partial charge in [-0.25, -0.2) is 0 Å². The van der Waals surface area contributed by atoms with E-state index in [9.17, 15) is 9.59 Å². The van der Waals surface area contributed by atoms with Gasteiger partial charge in [-0.15, -0.1) is 12.4 Å². The molecule has 0 aromatic heterocycles. The van der Waals surface area contributed by atoms with Gasteiger partial charge in [-0.1, -0.05) is 67.4 Å². The molecule has 0 saturated heterocycles. The number of nitrogens with zero attached hydrogens (tertiary/aromatic N) is 1. The molecule has 1 heterocycles. The van der Waals surface area contributed by atoms with Crippen LogP contribution in [0.4, 0.5) is 5.69 Å². The van der Waals surface area contributed by atoms with Gasteiger partial charge < -0.3 is 20.9 Å². The van der Waals surface area contributed by atoms with Gasteiger partial charge in [-0.05, 0) is 49.6 Å². The molecular formula is C25H33Cl3N4O2. The molecular weight excluding hydrogens is 495 g/mol. The van der Waals surface area contributed by atoms with Crippen LogP contribution in [0.5, 0.6) is 0 Å². The number of hydrogen-bond donors (Lipinski definition) is 3. The molecule has 0 unspecified atom stereocenters. The number of carbonyl (C=O) groups is 2. The third-order valence-electron chi connectivity index (χ3n) is 6.10. The Morgan fingerprint density at radius 2 is 1.71 bits per heavy atom. The third-order valence-corrected chi connectivity index (χ3v) is 6.73. The van der Waals surface area contributed by atoms with Crippen LogP contribution in [-0.4, -0.2) is 48.9 Å². The summed E-state index contributed by atoms with van der Waals surface area (Å²) >= 11 is 12.6. The average Bonchev–Trinajstić information content (AvgIpc) is 2.80. The minimum atomic E-state index is -0.778. The minimum absolute atomic E-state index is 0. The molecule has 2 aromatic rings. The summed E-state index contributed by atoms with van der Waals surface area (Å²) < 4.78 is 0. The molecule has 0 spiro atoms. The lowest BCUT2D eigenvalue weighted by Gasteiger charge is -2.39. The van der Waals surface area contributed by atoms with E-state index in [1.807, 2.05) is 45.2 Å². The Hall–Kier alpha value is -1.83. The number of para-hydroxylation sites is 1. The maximum Gasteiger partial charge on any atom is 0.251 e. The summed E-state index contributed by atoms with van der Waals surface area (Å²) in [6.07, 6.45) is 0.691. The van der Waals surface area contributed by atoms with Crippen molar-refractivity contribution < 1.29 is 9.59 Å². The fraction of sp³-hybridized carbons (Fsp3) is 0.440. The third kappa shape index (κ3) is 6.43. The number of fused-ring (bicyclic) bond motifs is 1. The molecule has 2 amide bonds. The number of nitrogens with one attached hydrogen (secondary N) is 3. The first kappa shape index (κ1) is 28.4. The highest BCUT2D eigenvalue weighted by Gasteiger charge is 2.39. The molecule has 34 heavy (non-hydrogen) atoms. The van der Waals surface area contributed by atoms with Crippen molar-refractivity contribution in [2.24, 2.45) is 5.92 Å². The van der Waals surface area contributed by atoms with E-state index in [0.29, 0.717) is 35.2 Å². The Labute approximate surface area is 218 Å². The van der Waals surface area contributed by atoms with Gasteiger partial charge in [-0.2, -0.15) is 0 Å². The monoisotopic (exact) mass is 526 g/mol. The number of likely N-dealkylation sites (N-methyl/N-ethyl adjacent to an activating group) is 1. The van der Waals surface area contributed by atoms with Crippen molar-refractivity contribution in [2.75, 3.05) is 25.5 Å². The summed E-state index contributed by atoms with van der Waals surface area (Å²) in [5, 5.41) is 10.1. The largest absolute Gasteiger partial charge is 0.325 e. The van der Waals surface area contributed by atoms with Crippen LogP contribution in [-0.2, 0) is 16.0 Å². The highest BCUT2D eigenvalue weighted by atomic mass is 35.5. The second-order valence-electron chi connectivity index (χ2n) is 8.79. The van der Waals surface area contributed by atoms with Gasteiger partial charge in [0.25, 0.3) is 5.91 Å². The number of carbonyl (C=O) groups excluding carboxylic acids is 2. The van der Waals surface area contributed by atoms with Crippen molar-refractivity contribution in [3.63, 3.8) is 0 Å². The van der Waals surface area contributed by atoms with Crippen LogP contribution in [0.25, 0.3) is 0 Å². The summed E-state index contributed by atoms with van der Waals surface area (Å²) in [6, 6.07) is 11.8. The van der Waals surface area contributed by atoms with Gasteiger partial charge in [-0.3, -0.25) is 9.59 Å². The number of amides is 2. The molecule has 3 atom stereocenters. The lowest BCUT2D eigenvalue weighted by atomic mass is 9.90. The maximum atomic E-state index is 13.8. The zero-order chi connectivity index (χ0) is 24.1. The molecule has 0 aliphatic carbocycles. The first-order valence-electron chi connectivity index (χ1n) is 11.3. The fourth-order valence-corrected chi connectivity index (χ4v) is 4.58. The van der Waals surface area contributed by atoms with Crippen molar-refractivity contribution in [3.8, 4) is 0 Å². The summed E-state index contributed by atoms with van der Waals surface area (Å²) in [6.45, 7) is 7.17. The molecule has 2 aromatic carbocycles. The van der Waals surface area contributed by atoms with Crippen LogP contribution in [0, 0.1) is 5.92 Å². The Morgan fingerprint density at radius 1 is 1.06 bits per heavy atom. The molecule has 0 fully saturated rings. The number of benzene rings is 2.